The first-order valence-electron chi connectivity index (χ1n) is 9.73. The second kappa shape index (κ2) is 7.35. The predicted octanol–water partition coefficient (Wildman–Crippen LogP) is 3.48. The maximum absolute atomic E-state index is 14.5. The molecule has 0 unspecified atom stereocenters. The summed E-state index contributed by atoms with van der Waals surface area (Å²) in [4.78, 5) is 24.6. The molecule has 0 fully saturated rings. The van der Waals surface area contributed by atoms with Crippen molar-refractivity contribution in [1.29, 1.82) is 0 Å². The van der Waals surface area contributed by atoms with E-state index in [4.69, 9.17) is 4.74 Å². The molecule has 0 saturated heterocycles. The number of nitrogens with one attached hydrogen (secondary N) is 1. The van der Waals surface area contributed by atoms with Crippen molar-refractivity contribution >= 4 is 17.6 Å². The van der Waals surface area contributed by atoms with Crippen molar-refractivity contribution in [1.82, 2.24) is 19.4 Å². The number of aryl methyl sites for hydroxylation is 1. The van der Waals surface area contributed by atoms with E-state index in [1.165, 1.54) is 12.3 Å². The zero-order chi connectivity index (χ0) is 21.5. The maximum Gasteiger partial charge on any atom is 0.356 e. The molecule has 4 heterocycles. The van der Waals surface area contributed by atoms with E-state index < -0.39 is 5.97 Å². The van der Waals surface area contributed by atoms with Crippen LogP contribution >= 0.6 is 0 Å². The lowest BCUT2D eigenvalue weighted by atomic mass is 10.0. The molecule has 0 atom stereocenters. The molecule has 0 saturated carbocycles. The van der Waals surface area contributed by atoms with Crippen molar-refractivity contribution in [3.8, 4) is 16.9 Å². The van der Waals surface area contributed by atoms with E-state index in [2.05, 4.69) is 20.3 Å². The summed E-state index contributed by atoms with van der Waals surface area (Å²) in [5, 5.41) is 12.6. The number of hydrogen-bond acceptors (Lipinski definition) is 6. The van der Waals surface area contributed by atoms with Crippen LogP contribution < -0.4 is 10.1 Å². The molecule has 2 N–H and O–H groups in total. The number of anilines is 1. The van der Waals surface area contributed by atoms with Gasteiger partial charge in [-0.2, -0.15) is 0 Å². The molecule has 3 aromatic heterocycles. The van der Waals surface area contributed by atoms with Gasteiger partial charge < -0.3 is 15.2 Å². The second-order valence-electron chi connectivity index (χ2n) is 7.21. The van der Waals surface area contributed by atoms with E-state index in [0.717, 1.165) is 16.8 Å². The molecule has 0 spiro atoms. The van der Waals surface area contributed by atoms with E-state index in [9.17, 15) is 14.3 Å². The number of benzene rings is 1. The first kappa shape index (κ1) is 19.0. The molecule has 0 radical (unpaired) electrons. The molecular weight excluding hydrogens is 401 g/mol. The lowest BCUT2D eigenvalue weighted by molar-refractivity contribution is 0.0691. The highest BCUT2D eigenvalue weighted by Gasteiger charge is 2.21. The number of ether oxygens (including phenoxy) is 1. The van der Waals surface area contributed by atoms with Crippen molar-refractivity contribution < 1.29 is 19.0 Å². The fourth-order valence-corrected chi connectivity index (χ4v) is 3.84. The number of carbonyl (C=O) groups is 1. The van der Waals surface area contributed by atoms with Gasteiger partial charge in [-0.15, -0.1) is 0 Å². The number of carboxylic acids is 1. The Morgan fingerprint density at radius 3 is 2.97 bits per heavy atom. The Labute approximate surface area is 176 Å². The topological polar surface area (TPSA) is 102 Å². The summed E-state index contributed by atoms with van der Waals surface area (Å²) in [5.41, 5.74) is 3.89. The molecule has 0 amide bonds. The van der Waals surface area contributed by atoms with Crippen molar-refractivity contribution in [2.45, 2.75) is 19.9 Å². The van der Waals surface area contributed by atoms with Crippen LogP contribution in [-0.2, 0) is 13.0 Å². The lowest BCUT2D eigenvalue weighted by Gasteiger charge is -2.13. The number of pyridine rings is 1. The van der Waals surface area contributed by atoms with Crippen LogP contribution in [0.1, 0.15) is 27.3 Å². The Kier molecular flexibility index (Phi) is 4.50. The fraction of sp³-hybridized carbons (Fsp3) is 0.182. The number of rotatable bonds is 5. The van der Waals surface area contributed by atoms with Gasteiger partial charge in [-0.05, 0) is 25.1 Å². The van der Waals surface area contributed by atoms with Crippen LogP contribution in [0.4, 0.5) is 10.3 Å². The third-order valence-electron chi connectivity index (χ3n) is 5.37. The summed E-state index contributed by atoms with van der Waals surface area (Å²) in [6.07, 6.45) is 5.34. The fourth-order valence-electron chi connectivity index (χ4n) is 3.84. The molecule has 4 aromatic rings. The lowest BCUT2D eigenvalue weighted by Crippen LogP contribution is -2.10. The number of carboxylic acid groups (broad SMARTS) is 1. The summed E-state index contributed by atoms with van der Waals surface area (Å²) < 4.78 is 21.6. The zero-order valence-corrected chi connectivity index (χ0v) is 16.6. The van der Waals surface area contributed by atoms with E-state index in [0.29, 0.717) is 41.5 Å². The van der Waals surface area contributed by atoms with Crippen LogP contribution in [-0.4, -0.2) is 37.0 Å². The smallest absolute Gasteiger partial charge is 0.356 e. The normalized spacial score (nSPS) is 12.6. The van der Waals surface area contributed by atoms with E-state index >= 15 is 0 Å². The maximum atomic E-state index is 14.5. The molecule has 31 heavy (non-hydrogen) atoms. The molecule has 9 heteroatoms. The minimum absolute atomic E-state index is 0.112. The monoisotopic (exact) mass is 419 g/mol. The van der Waals surface area contributed by atoms with Gasteiger partial charge in [-0.1, -0.05) is 6.07 Å². The number of aromatic nitrogens is 4. The van der Waals surface area contributed by atoms with Crippen molar-refractivity contribution in [2.24, 2.45) is 0 Å². The average molecular weight is 419 g/mol. The average Bonchev–Trinajstić information content (AvgIpc) is 3.41. The Bertz CT molecular complexity index is 1330. The quantitative estimate of drug-likeness (QED) is 0.511. The number of hydrogen-bond donors (Lipinski definition) is 2. The van der Waals surface area contributed by atoms with Crippen LogP contribution in [0.5, 0.6) is 5.75 Å². The molecule has 1 aliphatic heterocycles. The number of fused-ring (bicyclic) bond motifs is 2. The van der Waals surface area contributed by atoms with E-state index in [1.807, 2.05) is 13.0 Å². The van der Waals surface area contributed by atoms with Gasteiger partial charge in [0.25, 0.3) is 0 Å². The Balaban J connectivity index is 1.58. The molecule has 156 valence electrons. The van der Waals surface area contributed by atoms with Gasteiger partial charge >= 0.3 is 5.97 Å². The molecule has 8 nitrogen and oxygen atoms in total. The van der Waals surface area contributed by atoms with Crippen LogP contribution in [0.25, 0.3) is 16.8 Å². The minimum atomic E-state index is -1.15. The summed E-state index contributed by atoms with van der Waals surface area (Å²) >= 11 is 0. The third kappa shape index (κ3) is 3.24. The van der Waals surface area contributed by atoms with Gasteiger partial charge in [0.1, 0.15) is 17.2 Å². The van der Waals surface area contributed by atoms with Gasteiger partial charge in [-0.3, -0.25) is 9.38 Å². The highest BCUT2D eigenvalue weighted by Crippen LogP contribution is 2.31. The molecule has 5 rings (SSSR count). The van der Waals surface area contributed by atoms with Crippen LogP contribution in [0.2, 0.25) is 0 Å². The Hall–Kier alpha value is -4.01. The van der Waals surface area contributed by atoms with Gasteiger partial charge in [0.2, 0.25) is 5.95 Å². The highest BCUT2D eigenvalue weighted by atomic mass is 19.1. The standard InChI is InChI=1S/C22H18FN5O3/c1-12-13(3-2-7-24-12)16-10-26-22(28-11-18(21(29)30)27-20(16)28)25-9-15-14-6-8-31-19(14)5-4-17(15)23/h2-5,7,10-11H,6,8-9H2,1H3,(H,25,26)(H,29,30). The summed E-state index contributed by atoms with van der Waals surface area (Å²) in [6, 6.07) is 6.70. The third-order valence-corrected chi connectivity index (χ3v) is 5.37. The SMILES string of the molecule is Cc1ncccc1-c1cnc(NCc2c(F)ccc3c2CCO3)n2cc(C(=O)O)nc12. The second-order valence-corrected chi connectivity index (χ2v) is 7.21. The van der Waals surface area contributed by atoms with Crippen molar-refractivity contribution in [2.75, 3.05) is 11.9 Å². The van der Waals surface area contributed by atoms with E-state index in [1.54, 1.807) is 28.9 Å². The Morgan fingerprint density at radius 2 is 2.16 bits per heavy atom. The van der Waals surface area contributed by atoms with Gasteiger partial charge in [0.05, 0.1) is 6.61 Å². The summed E-state index contributed by atoms with van der Waals surface area (Å²) in [7, 11) is 0. The number of aromatic carboxylic acids is 1. The van der Waals surface area contributed by atoms with Gasteiger partial charge in [-0.25, -0.2) is 19.2 Å². The number of halogens is 1. The predicted molar refractivity (Wildman–Crippen MR) is 111 cm³/mol. The van der Waals surface area contributed by atoms with Crippen LogP contribution in [0, 0.1) is 12.7 Å². The van der Waals surface area contributed by atoms with Crippen molar-refractivity contribution in [3.63, 3.8) is 0 Å². The van der Waals surface area contributed by atoms with Crippen molar-refractivity contribution in [3.05, 3.63) is 71.2 Å². The zero-order valence-electron chi connectivity index (χ0n) is 16.6. The molecule has 1 aromatic carbocycles. The molecule has 0 aliphatic carbocycles. The Morgan fingerprint density at radius 1 is 1.29 bits per heavy atom. The molecule has 0 bridgehead atoms. The first-order chi connectivity index (χ1) is 15.0. The van der Waals surface area contributed by atoms with Crippen LogP contribution in [0.15, 0.2) is 42.9 Å². The number of nitrogens with zero attached hydrogens (tertiary/aromatic N) is 4. The largest absolute Gasteiger partial charge is 0.493 e. The molecule has 1 aliphatic rings. The van der Waals surface area contributed by atoms with Crippen LogP contribution in [0.3, 0.4) is 0 Å². The van der Waals surface area contributed by atoms with Gasteiger partial charge in [0, 0.05) is 59.5 Å². The summed E-state index contributed by atoms with van der Waals surface area (Å²) in [6.45, 7) is 2.56. The van der Waals surface area contributed by atoms with Gasteiger partial charge in [0.15, 0.2) is 5.69 Å². The first-order valence-corrected chi connectivity index (χ1v) is 9.73. The minimum Gasteiger partial charge on any atom is -0.493 e. The van der Waals surface area contributed by atoms with E-state index in [-0.39, 0.29) is 18.1 Å². The summed E-state index contributed by atoms with van der Waals surface area (Å²) in [5.74, 6) is -0.425. The highest BCUT2D eigenvalue weighted by molar-refractivity contribution is 5.88. The number of imidazole rings is 1. The molecular formula is C22H18FN5O3.